The highest BCUT2D eigenvalue weighted by atomic mass is 35.5. The zero-order chi connectivity index (χ0) is 25.4. The summed E-state index contributed by atoms with van der Waals surface area (Å²) in [6.07, 6.45) is 3.77. The molecule has 0 radical (unpaired) electrons. The maximum Gasteiger partial charge on any atom is 0.293 e. The van der Waals surface area contributed by atoms with Crippen LogP contribution < -0.4 is 14.2 Å². The second-order valence-corrected chi connectivity index (χ2v) is 9.92. The number of carbonyl (C=O) groups is 2. The molecule has 0 aliphatic carbocycles. The lowest BCUT2D eigenvalue weighted by Gasteiger charge is -2.14. The summed E-state index contributed by atoms with van der Waals surface area (Å²) in [6.45, 7) is 1.30. The van der Waals surface area contributed by atoms with E-state index >= 15 is 0 Å². The third-order valence-corrected chi connectivity index (χ3v) is 7.45. The predicted octanol–water partition coefficient (Wildman–Crippen LogP) is 6.34. The molecule has 6 rings (SSSR count). The van der Waals surface area contributed by atoms with E-state index < -0.39 is 0 Å². The van der Waals surface area contributed by atoms with Gasteiger partial charge in [-0.15, -0.1) is 0 Å². The third kappa shape index (κ3) is 4.65. The number of nitrogens with zero attached hydrogens (tertiary/aromatic N) is 2. The monoisotopic (exact) mass is 532 g/mol. The van der Waals surface area contributed by atoms with Crippen molar-refractivity contribution >= 4 is 51.5 Å². The third-order valence-electron chi connectivity index (χ3n) is 6.19. The van der Waals surface area contributed by atoms with E-state index in [1.807, 2.05) is 60.8 Å². The molecule has 2 aliphatic heterocycles. The van der Waals surface area contributed by atoms with Gasteiger partial charge in [-0.3, -0.25) is 14.5 Å². The van der Waals surface area contributed by atoms with Crippen LogP contribution in [0, 0.1) is 0 Å². The minimum Gasteiger partial charge on any atom is -0.492 e. The maximum atomic E-state index is 13.2. The van der Waals surface area contributed by atoms with Crippen molar-refractivity contribution in [3.05, 3.63) is 94.0 Å². The standard InChI is InChI=1S/C28H21ClN2O5S/c29-22-14-25-24(35-17-36-25)12-19(22)16-31-27(32)26(37-28(31)33)13-18-15-30(23-9-5-4-8-21(18)23)10-11-34-20-6-2-1-3-7-20/h1-9,12-15H,10-11,16-17H2/b26-13-. The number of ether oxygens (including phenoxy) is 3. The number of hydrogen-bond acceptors (Lipinski definition) is 6. The number of fused-ring (bicyclic) bond motifs is 2. The SMILES string of the molecule is O=C1S/C(=C\c2cn(CCOc3ccccc3)c3ccccc23)C(=O)N1Cc1cc2c(cc1Cl)OCO2. The van der Waals surface area contributed by atoms with Gasteiger partial charge in [0.2, 0.25) is 6.79 Å². The molecule has 186 valence electrons. The van der Waals surface area contributed by atoms with E-state index in [0.717, 1.165) is 34.0 Å². The van der Waals surface area contributed by atoms with E-state index in [2.05, 4.69) is 4.57 Å². The van der Waals surface area contributed by atoms with Crippen LogP contribution in [0.1, 0.15) is 11.1 Å². The lowest BCUT2D eigenvalue weighted by Crippen LogP contribution is -2.27. The van der Waals surface area contributed by atoms with Gasteiger partial charge < -0.3 is 18.8 Å². The van der Waals surface area contributed by atoms with Crippen LogP contribution in [-0.2, 0) is 17.9 Å². The van der Waals surface area contributed by atoms with E-state index in [9.17, 15) is 9.59 Å². The zero-order valence-corrected chi connectivity index (χ0v) is 21.1. The van der Waals surface area contributed by atoms with E-state index in [4.69, 9.17) is 25.8 Å². The van der Waals surface area contributed by atoms with Crippen molar-refractivity contribution in [2.45, 2.75) is 13.1 Å². The molecule has 37 heavy (non-hydrogen) atoms. The van der Waals surface area contributed by atoms with Crippen LogP contribution in [0.15, 0.2) is 77.8 Å². The highest BCUT2D eigenvalue weighted by Gasteiger charge is 2.36. The Morgan fingerprint density at radius 2 is 1.76 bits per heavy atom. The number of benzene rings is 3. The molecule has 1 saturated heterocycles. The van der Waals surface area contributed by atoms with Crippen LogP contribution in [-0.4, -0.2) is 34.0 Å². The van der Waals surface area contributed by atoms with Crippen molar-refractivity contribution in [1.82, 2.24) is 9.47 Å². The molecule has 0 unspecified atom stereocenters. The molecule has 1 aromatic heterocycles. The first-order valence-corrected chi connectivity index (χ1v) is 12.9. The first-order chi connectivity index (χ1) is 18.1. The molecule has 9 heteroatoms. The van der Waals surface area contributed by atoms with Crippen LogP contribution in [0.5, 0.6) is 17.2 Å². The lowest BCUT2D eigenvalue weighted by atomic mass is 10.1. The van der Waals surface area contributed by atoms with E-state index in [1.54, 1.807) is 18.2 Å². The van der Waals surface area contributed by atoms with Crippen LogP contribution in [0.3, 0.4) is 0 Å². The average molecular weight is 533 g/mol. The molecule has 0 bridgehead atoms. The molecule has 3 aromatic carbocycles. The van der Waals surface area contributed by atoms with E-state index in [1.165, 1.54) is 4.90 Å². The van der Waals surface area contributed by atoms with Crippen molar-refractivity contribution < 1.29 is 23.8 Å². The molecule has 0 atom stereocenters. The molecule has 2 amide bonds. The summed E-state index contributed by atoms with van der Waals surface area (Å²) in [6, 6.07) is 21.0. The summed E-state index contributed by atoms with van der Waals surface area (Å²) < 4.78 is 18.7. The molecule has 4 aromatic rings. The van der Waals surface area contributed by atoms with Gasteiger partial charge in [-0.2, -0.15) is 0 Å². The maximum absolute atomic E-state index is 13.2. The van der Waals surface area contributed by atoms with Crippen molar-refractivity contribution in [2.75, 3.05) is 13.4 Å². The van der Waals surface area contributed by atoms with Crippen molar-refractivity contribution in [3.8, 4) is 17.2 Å². The van der Waals surface area contributed by atoms with Crippen LogP contribution in [0.4, 0.5) is 4.79 Å². The van der Waals surface area contributed by atoms with E-state index in [0.29, 0.717) is 40.1 Å². The summed E-state index contributed by atoms with van der Waals surface area (Å²) in [5, 5.41) is 1.06. The molecule has 3 heterocycles. The van der Waals surface area contributed by atoms with Gasteiger partial charge in [0.25, 0.3) is 11.1 Å². The molecule has 0 saturated carbocycles. The molecular formula is C28H21ClN2O5S. The minimum atomic E-state index is -0.354. The molecule has 2 aliphatic rings. The number of para-hydroxylation sites is 2. The number of thioether (sulfide) groups is 1. The van der Waals surface area contributed by atoms with Gasteiger partial charge in [0.15, 0.2) is 11.5 Å². The largest absolute Gasteiger partial charge is 0.492 e. The summed E-state index contributed by atoms with van der Waals surface area (Å²) >= 11 is 7.30. The van der Waals surface area contributed by atoms with Crippen LogP contribution >= 0.6 is 23.4 Å². The van der Waals surface area contributed by atoms with Gasteiger partial charge in [-0.1, -0.05) is 48.0 Å². The fraction of sp³-hybridized carbons (Fsp3) is 0.143. The molecule has 7 nitrogen and oxygen atoms in total. The van der Waals surface area contributed by atoms with Crippen molar-refractivity contribution in [1.29, 1.82) is 0 Å². The summed E-state index contributed by atoms with van der Waals surface area (Å²) in [7, 11) is 0. The van der Waals surface area contributed by atoms with Crippen LogP contribution in [0.2, 0.25) is 5.02 Å². The molecular weight excluding hydrogens is 512 g/mol. The van der Waals surface area contributed by atoms with Gasteiger partial charge in [0.1, 0.15) is 12.4 Å². The van der Waals surface area contributed by atoms with Crippen LogP contribution in [0.25, 0.3) is 17.0 Å². The average Bonchev–Trinajstić information content (AvgIpc) is 3.58. The van der Waals surface area contributed by atoms with Gasteiger partial charge in [0.05, 0.1) is 18.0 Å². The van der Waals surface area contributed by atoms with Crippen molar-refractivity contribution in [3.63, 3.8) is 0 Å². The Morgan fingerprint density at radius 1 is 1.00 bits per heavy atom. The van der Waals surface area contributed by atoms with Gasteiger partial charge in [0, 0.05) is 33.8 Å². The highest BCUT2D eigenvalue weighted by Crippen LogP contribution is 2.40. The quantitative estimate of drug-likeness (QED) is 0.259. The Balaban J connectivity index is 1.23. The second kappa shape index (κ2) is 9.88. The lowest BCUT2D eigenvalue weighted by molar-refractivity contribution is -0.123. The fourth-order valence-corrected chi connectivity index (χ4v) is 5.42. The van der Waals surface area contributed by atoms with Gasteiger partial charge in [-0.05, 0) is 47.7 Å². The summed E-state index contributed by atoms with van der Waals surface area (Å²) in [4.78, 5) is 27.6. The Kier molecular flexibility index (Phi) is 6.28. The fourth-order valence-electron chi connectivity index (χ4n) is 4.38. The number of carbonyl (C=O) groups excluding carboxylic acids is 2. The number of aromatic nitrogens is 1. The summed E-state index contributed by atoms with van der Waals surface area (Å²) in [5.41, 5.74) is 2.50. The molecule has 0 spiro atoms. The smallest absolute Gasteiger partial charge is 0.293 e. The number of amides is 2. The first kappa shape index (κ1) is 23.5. The Labute approximate surface area is 222 Å². The first-order valence-electron chi connectivity index (χ1n) is 11.7. The van der Waals surface area contributed by atoms with Crippen molar-refractivity contribution in [2.24, 2.45) is 0 Å². The van der Waals surface area contributed by atoms with Gasteiger partial charge >= 0.3 is 0 Å². The van der Waals surface area contributed by atoms with E-state index in [-0.39, 0.29) is 24.5 Å². The zero-order valence-electron chi connectivity index (χ0n) is 19.6. The minimum absolute atomic E-state index is 0.0517. The number of imide groups is 1. The Morgan fingerprint density at radius 3 is 2.59 bits per heavy atom. The number of hydrogen-bond donors (Lipinski definition) is 0. The highest BCUT2D eigenvalue weighted by molar-refractivity contribution is 8.18. The number of halogens is 1. The Bertz CT molecular complexity index is 1550. The predicted molar refractivity (Wildman–Crippen MR) is 143 cm³/mol. The Hall–Kier alpha value is -3.88. The molecule has 1 fully saturated rings. The topological polar surface area (TPSA) is 70.0 Å². The molecule has 0 N–H and O–H groups in total. The summed E-state index contributed by atoms with van der Waals surface area (Å²) in [5.74, 6) is 1.56. The second-order valence-electron chi connectivity index (χ2n) is 8.52. The normalized spacial score (nSPS) is 15.8. The van der Waals surface area contributed by atoms with Gasteiger partial charge in [-0.25, -0.2) is 0 Å². The number of rotatable bonds is 7.